The maximum Gasteiger partial charge on any atom is 0.220 e. The smallest absolute Gasteiger partial charge is 0.220 e. The highest BCUT2D eigenvalue weighted by Crippen LogP contribution is 2.14. The monoisotopic (exact) mass is 289 g/mol. The number of Topliss-reactive ketones (excluding diaryl/α,β-unsaturated/α-hetero) is 1. The highest BCUT2D eigenvalue weighted by molar-refractivity contribution is 7.80. The Labute approximate surface area is 119 Å². The van der Waals surface area contributed by atoms with E-state index in [4.69, 9.17) is 11.5 Å². The number of carbonyl (C=O) groups excluding carboxylic acids is 3. The van der Waals surface area contributed by atoms with Gasteiger partial charge in [-0.05, 0) is 19.4 Å². The summed E-state index contributed by atoms with van der Waals surface area (Å²) in [5, 5.41) is 2.50. The van der Waals surface area contributed by atoms with E-state index in [9.17, 15) is 14.4 Å². The van der Waals surface area contributed by atoms with Gasteiger partial charge in [-0.3, -0.25) is 14.4 Å². The van der Waals surface area contributed by atoms with E-state index in [1.807, 2.05) is 0 Å². The molecule has 110 valence electrons. The zero-order chi connectivity index (χ0) is 14.8. The van der Waals surface area contributed by atoms with Crippen LogP contribution in [0.2, 0.25) is 0 Å². The second-order valence-corrected chi connectivity index (χ2v) is 4.86. The van der Waals surface area contributed by atoms with Crippen LogP contribution in [0.4, 0.5) is 0 Å². The number of thiol groups is 1. The van der Waals surface area contributed by atoms with Crippen molar-refractivity contribution in [2.24, 2.45) is 17.4 Å². The third-order valence-electron chi connectivity index (χ3n) is 2.81. The summed E-state index contributed by atoms with van der Waals surface area (Å²) in [4.78, 5) is 34.2. The maximum atomic E-state index is 12.0. The van der Waals surface area contributed by atoms with Gasteiger partial charge in [0.05, 0.1) is 6.04 Å². The molecular formula is C12H23N3O3S. The topological polar surface area (TPSA) is 115 Å². The molecule has 0 bridgehead atoms. The molecule has 0 unspecified atom stereocenters. The molecule has 19 heavy (non-hydrogen) atoms. The highest BCUT2D eigenvalue weighted by Gasteiger charge is 2.24. The van der Waals surface area contributed by atoms with Gasteiger partial charge in [0.15, 0.2) is 5.78 Å². The van der Waals surface area contributed by atoms with Gasteiger partial charge in [0.25, 0.3) is 0 Å². The Morgan fingerprint density at radius 3 is 2.32 bits per heavy atom. The van der Waals surface area contributed by atoms with Gasteiger partial charge in [0.1, 0.15) is 0 Å². The molecule has 0 aliphatic rings. The fourth-order valence-electron chi connectivity index (χ4n) is 1.74. The van der Waals surface area contributed by atoms with E-state index < -0.39 is 17.9 Å². The molecule has 0 aliphatic carbocycles. The summed E-state index contributed by atoms with van der Waals surface area (Å²) in [6.45, 7) is 1.88. The number of ketones is 1. The minimum atomic E-state index is -0.669. The first-order valence-electron chi connectivity index (χ1n) is 6.32. The third kappa shape index (κ3) is 7.84. The summed E-state index contributed by atoms with van der Waals surface area (Å²) in [6.07, 6.45) is 2.12. The second-order valence-electron chi connectivity index (χ2n) is 4.49. The Kier molecular flexibility index (Phi) is 9.24. The van der Waals surface area contributed by atoms with Crippen molar-refractivity contribution in [2.75, 3.05) is 12.3 Å². The number of rotatable bonds is 10. The summed E-state index contributed by atoms with van der Waals surface area (Å²) in [5.41, 5.74) is 10.7. The summed E-state index contributed by atoms with van der Waals surface area (Å²) in [7, 11) is 0. The van der Waals surface area contributed by atoms with Crippen molar-refractivity contribution in [3.8, 4) is 0 Å². The molecule has 0 aromatic rings. The van der Waals surface area contributed by atoms with Gasteiger partial charge in [-0.25, -0.2) is 0 Å². The largest absolute Gasteiger partial charge is 0.369 e. The van der Waals surface area contributed by atoms with Crippen LogP contribution in [0.1, 0.15) is 32.6 Å². The molecule has 0 aliphatic heterocycles. The fourth-order valence-corrected chi connectivity index (χ4v) is 2.03. The molecule has 6 nitrogen and oxygen atoms in total. The zero-order valence-electron chi connectivity index (χ0n) is 11.2. The average molecular weight is 289 g/mol. The maximum absolute atomic E-state index is 12.0. The van der Waals surface area contributed by atoms with Crippen molar-refractivity contribution in [3.63, 3.8) is 0 Å². The van der Waals surface area contributed by atoms with Crippen LogP contribution < -0.4 is 16.8 Å². The molecule has 0 radical (unpaired) electrons. The number of hydrogen-bond donors (Lipinski definition) is 4. The van der Waals surface area contributed by atoms with Gasteiger partial charge >= 0.3 is 0 Å². The van der Waals surface area contributed by atoms with Crippen LogP contribution in [0.15, 0.2) is 0 Å². The molecule has 0 heterocycles. The zero-order valence-corrected chi connectivity index (χ0v) is 12.1. The fraction of sp³-hybridized carbons (Fsp3) is 0.750. The first-order valence-corrected chi connectivity index (χ1v) is 6.95. The van der Waals surface area contributed by atoms with Crippen LogP contribution >= 0.6 is 12.6 Å². The molecule has 0 rings (SSSR count). The normalized spacial score (nSPS) is 13.6. The van der Waals surface area contributed by atoms with Crippen molar-refractivity contribution in [1.82, 2.24) is 5.32 Å². The Morgan fingerprint density at radius 2 is 1.89 bits per heavy atom. The molecule has 0 aromatic carbocycles. The van der Waals surface area contributed by atoms with Gasteiger partial charge in [-0.2, -0.15) is 12.6 Å². The molecule has 2 amide bonds. The molecule has 7 heteroatoms. The van der Waals surface area contributed by atoms with Crippen LogP contribution in [0.3, 0.4) is 0 Å². The molecule has 0 spiro atoms. The van der Waals surface area contributed by atoms with Crippen LogP contribution in [0.5, 0.6) is 0 Å². The van der Waals surface area contributed by atoms with E-state index in [1.165, 1.54) is 6.92 Å². The standard InChI is InChI=1S/C12H23N3O3S/c1-8(16)15-10(7-19)11(17)6-9(12(14)18)4-2-3-5-13/h9-10,19H,2-7,13H2,1H3,(H2,14,18)(H,15,16)/t9-,10+/m0/s1. The molecule has 0 fully saturated rings. The second kappa shape index (κ2) is 9.80. The van der Waals surface area contributed by atoms with Gasteiger partial charge in [0.2, 0.25) is 11.8 Å². The first-order chi connectivity index (χ1) is 8.92. The Bertz CT molecular complexity index is 323. The van der Waals surface area contributed by atoms with E-state index in [0.29, 0.717) is 13.0 Å². The number of nitrogens with two attached hydrogens (primary N) is 2. The van der Waals surface area contributed by atoms with E-state index in [2.05, 4.69) is 17.9 Å². The summed E-state index contributed by atoms with van der Waals surface area (Å²) in [5.74, 6) is -1.32. The van der Waals surface area contributed by atoms with Gasteiger partial charge in [-0.15, -0.1) is 0 Å². The molecule has 5 N–H and O–H groups in total. The molecule has 0 aromatic heterocycles. The first kappa shape index (κ1) is 17.9. The van der Waals surface area contributed by atoms with E-state index in [0.717, 1.165) is 12.8 Å². The van der Waals surface area contributed by atoms with Crippen molar-refractivity contribution in [1.29, 1.82) is 0 Å². The lowest BCUT2D eigenvalue weighted by atomic mass is 9.93. The summed E-state index contributed by atoms with van der Waals surface area (Å²) in [6, 6.07) is -0.669. The number of primary amides is 1. The van der Waals surface area contributed by atoms with Gasteiger partial charge < -0.3 is 16.8 Å². The van der Waals surface area contributed by atoms with Crippen LogP contribution in [-0.4, -0.2) is 35.9 Å². The molecule has 0 saturated carbocycles. The van der Waals surface area contributed by atoms with Crippen molar-refractivity contribution >= 4 is 30.2 Å². The molecular weight excluding hydrogens is 266 g/mol. The summed E-state index contributed by atoms with van der Waals surface area (Å²) >= 11 is 4.02. The van der Waals surface area contributed by atoms with E-state index in [1.54, 1.807) is 0 Å². The van der Waals surface area contributed by atoms with Gasteiger partial charge in [0, 0.05) is 25.0 Å². The number of unbranched alkanes of at least 4 members (excludes halogenated alkanes) is 1. The summed E-state index contributed by atoms with van der Waals surface area (Å²) < 4.78 is 0. The van der Waals surface area contributed by atoms with E-state index in [-0.39, 0.29) is 23.9 Å². The lowest BCUT2D eigenvalue weighted by Gasteiger charge is -2.18. The Balaban J connectivity index is 4.43. The highest BCUT2D eigenvalue weighted by atomic mass is 32.1. The SMILES string of the molecule is CC(=O)N[C@H](CS)C(=O)C[C@H](CCCCN)C(N)=O. The average Bonchev–Trinajstić information content (AvgIpc) is 2.34. The van der Waals surface area contributed by atoms with Crippen molar-refractivity contribution < 1.29 is 14.4 Å². The van der Waals surface area contributed by atoms with Crippen LogP contribution in [0.25, 0.3) is 0 Å². The number of nitrogens with one attached hydrogen (secondary N) is 1. The number of hydrogen-bond acceptors (Lipinski definition) is 5. The number of amides is 2. The predicted molar refractivity (Wildman–Crippen MR) is 76.7 cm³/mol. The Hall–Kier alpha value is -1.08. The van der Waals surface area contributed by atoms with Crippen molar-refractivity contribution in [2.45, 2.75) is 38.6 Å². The molecule has 2 atom stereocenters. The van der Waals surface area contributed by atoms with Crippen LogP contribution in [0, 0.1) is 5.92 Å². The third-order valence-corrected chi connectivity index (χ3v) is 3.17. The lowest BCUT2D eigenvalue weighted by molar-refractivity contribution is -0.129. The lowest BCUT2D eigenvalue weighted by Crippen LogP contribution is -2.42. The van der Waals surface area contributed by atoms with Crippen LogP contribution in [-0.2, 0) is 14.4 Å². The van der Waals surface area contributed by atoms with Gasteiger partial charge in [-0.1, -0.05) is 6.42 Å². The predicted octanol–water partition coefficient (Wildman–Crippen LogP) is -0.389. The minimum Gasteiger partial charge on any atom is -0.369 e. The quantitative estimate of drug-likeness (QED) is 0.324. The minimum absolute atomic E-state index is 0.0331. The van der Waals surface area contributed by atoms with Crippen molar-refractivity contribution in [3.05, 3.63) is 0 Å². The molecule has 0 saturated heterocycles. The van der Waals surface area contributed by atoms with E-state index >= 15 is 0 Å². The Morgan fingerprint density at radius 1 is 1.26 bits per heavy atom. The number of carbonyl (C=O) groups is 3.